The molecule has 1 heterocycles. The molecule has 11 atom stereocenters. The third kappa shape index (κ3) is 3.82. The first-order chi connectivity index (χ1) is 18.1. The van der Waals surface area contributed by atoms with Crippen LogP contribution in [0.4, 0.5) is 0 Å². The summed E-state index contributed by atoms with van der Waals surface area (Å²) in [5, 5.41) is 32.7. The van der Waals surface area contributed by atoms with Gasteiger partial charge in [0.05, 0.1) is 17.8 Å². The van der Waals surface area contributed by atoms with Crippen molar-refractivity contribution in [1.82, 2.24) is 0 Å². The normalized spacial score (nSPS) is 43.3. The highest BCUT2D eigenvalue weighted by Gasteiger charge is 2.64. The number of carboxylic acid groups (broad SMARTS) is 1. The van der Waals surface area contributed by atoms with Crippen molar-refractivity contribution in [3.05, 3.63) is 35.6 Å². The van der Waals surface area contributed by atoms with E-state index in [1.165, 1.54) is 25.7 Å². The van der Waals surface area contributed by atoms with E-state index in [9.17, 15) is 20.1 Å². The number of furan rings is 1. The minimum atomic E-state index is -0.918. The third-order valence-electron chi connectivity index (χ3n) is 12.5. The summed E-state index contributed by atoms with van der Waals surface area (Å²) < 4.78 is 6.15. The number of aromatic carboxylic acids is 1. The lowest BCUT2D eigenvalue weighted by atomic mass is 9.41. The van der Waals surface area contributed by atoms with Gasteiger partial charge >= 0.3 is 5.97 Å². The van der Waals surface area contributed by atoms with Gasteiger partial charge in [0.25, 0.3) is 0 Å². The van der Waals surface area contributed by atoms with Crippen molar-refractivity contribution in [3.63, 3.8) is 0 Å². The Labute approximate surface area is 227 Å². The van der Waals surface area contributed by atoms with E-state index in [0.29, 0.717) is 52.0 Å². The fourth-order valence-electron chi connectivity index (χ4n) is 10.8. The molecule has 0 radical (unpaired) electrons. The van der Waals surface area contributed by atoms with Crippen LogP contribution in [0.25, 0.3) is 11.0 Å². The molecule has 0 spiro atoms. The van der Waals surface area contributed by atoms with Gasteiger partial charge in [-0.25, -0.2) is 4.79 Å². The first-order valence-corrected chi connectivity index (χ1v) is 15.2. The molecular formula is C33H46O5. The van der Waals surface area contributed by atoms with Gasteiger partial charge in [0.2, 0.25) is 0 Å². The van der Waals surface area contributed by atoms with Gasteiger partial charge in [-0.15, -0.1) is 0 Å². The number of fused-ring (bicyclic) bond motifs is 6. The van der Waals surface area contributed by atoms with Crippen molar-refractivity contribution in [2.45, 2.75) is 97.7 Å². The minimum absolute atomic E-state index is 0.204. The van der Waals surface area contributed by atoms with E-state index < -0.39 is 5.97 Å². The van der Waals surface area contributed by atoms with Gasteiger partial charge < -0.3 is 19.7 Å². The Balaban J connectivity index is 1.26. The molecule has 1 aromatic heterocycles. The number of hydrogen-bond acceptors (Lipinski definition) is 4. The van der Waals surface area contributed by atoms with Crippen LogP contribution in [-0.4, -0.2) is 33.5 Å². The third-order valence-corrected chi connectivity index (χ3v) is 12.5. The van der Waals surface area contributed by atoms with Crippen LogP contribution in [0, 0.1) is 52.3 Å². The summed E-state index contributed by atoms with van der Waals surface area (Å²) in [6.07, 6.45) is 8.97. The Morgan fingerprint density at radius 3 is 2.53 bits per heavy atom. The van der Waals surface area contributed by atoms with Crippen molar-refractivity contribution in [2.24, 2.45) is 52.3 Å². The summed E-state index contributed by atoms with van der Waals surface area (Å²) in [6.45, 7) is 9.60. The van der Waals surface area contributed by atoms with Crippen molar-refractivity contribution >= 4 is 16.9 Å². The maximum absolute atomic E-state index is 11.9. The predicted octanol–water partition coefficient (Wildman–Crippen LogP) is 6.94. The van der Waals surface area contributed by atoms with Gasteiger partial charge in [-0.3, -0.25) is 0 Å². The molecule has 3 N–H and O–H groups in total. The van der Waals surface area contributed by atoms with Crippen LogP contribution in [0.15, 0.2) is 28.7 Å². The Kier molecular flexibility index (Phi) is 6.50. The highest BCUT2D eigenvalue weighted by atomic mass is 16.4. The topological polar surface area (TPSA) is 90.9 Å². The van der Waals surface area contributed by atoms with E-state index in [1.54, 1.807) is 12.1 Å². The summed E-state index contributed by atoms with van der Waals surface area (Å²) in [4.78, 5) is 11.7. The lowest BCUT2D eigenvalue weighted by Crippen LogP contribution is -2.62. The van der Waals surface area contributed by atoms with Gasteiger partial charge in [-0.2, -0.15) is 0 Å². The van der Waals surface area contributed by atoms with Gasteiger partial charge in [-0.05, 0) is 115 Å². The quantitative estimate of drug-likeness (QED) is 0.396. The number of rotatable bonds is 5. The SMILES string of the molecule is CC[C@H]1[C@@H](O)C2C3CCC([C@H](C)Cc4cc5c(C(=O)O)cccc5o4)[C@@]3(C)CCC2[C@@]2(C)CC[C@@H](O)C[C@@H]12. The first kappa shape index (κ1) is 26.4. The predicted molar refractivity (Wildman–Crippen MR) is 148 cm³/mol. The Hall–Kier alpha value is -1.85. The van der Waals surface area contributed by atoms with E-state index in [-0.39, 0.29) is 29.0 Å². The molecule has 4 unspecified atom stereocenters. The van der Waals surface area contributed by atoms with Crippen LogP contribution in [0.1, 0.15) is 95.2 Å². The highest BCUT2D eigenvalue weighted by molar-refractivity contribution is 6.02. The van der Waals surface area contributed by atoms with Gasteiger partial charge in [0.1, 0.15) is 11.3 Å². The van der Waals surface area contributed by atoms with E-state index in [4.69, 9.17) is 4.42 Å². The smallest absolute Gasteiger partial charge is 0.336 e. The molecule has 38 heavy (non-hydrogen) atoms. The van der Waals surface area contributed by atoms with Gasteiger partial charge in [0, 0.05) is 11.8 Å². The number of carbonyl (C=O) groups is 1. The van der Waals surface area contributed by atoms with E-state index in [2.05, 4.69) is 27.7 Å². The summed E-state index contributed by atoms with van der Waals surface area (Å²) >= 11 is 0. The molecule has 0 saturated heterocycles. The fraction of sp³-hybridized carbons (Fsp3) is 0.727. The molecule has 0 aliphatic heterocycles. The molecule has 0 bridgehead atoms. The first-order valence-electron chi connectivity index (χ1n) is 15.2. The molecule has 208 valence electrons. The second-order valence-electron chi connectivity index (χ2n) is 14.0. The zero-order valence-corrected chi connectivity index (χ0v) is 23.5. The van der Waals surface area contributed by atoms with Crippen LogP contribution < -0.4 is 0 Å². The minimum Gasteiger partial charge on any atom is -0.478 e. The monoisotopic (exact) mass is 522 g/mol. The average Bonchev–Trinajstić information content (AvgIpc) is 3.45. The van der Waals surface area contributed by atoms with Crippen LogP contribution in [0.5, 0.6) is 0 Å². The van der Waals surface area contributed by atoms with E-state index in [0.717, 1.165) is 37.9 Å². The molecule has 1 aromatic carbocycles. The van der Waals surface area contributed by atoms with Gasteiger partial charge in [0.15, 0.2) is 0 Å². The molecule has 2 aromatic rings. The van der Waals surface area contributed by atoms with Crippen molar-refractivity contribution in [3.8, 4) is 0 Å². The number of aliphatic hydroxyl groups is 2. The molecule has 6 rings (SSSR count). The summed E-state index contributed by atoms with van der Waals surface area (Å²) in [7, 11) is 0. The second-order valence-corrected chi connectivity index (χ2v) is 14.0. The summed E-state index contributed by atoms with van der Waals surface area (Å²) in [5.74, 6) is 3.10. The zero-order valence-electron chi connectivity index (χ0n) is 23.5. The molecule has 0 amide bonds. The number of hydrogen-bond donors (Lipinski definition) is 3. The number of benzene rings is 1. The summed E-state index contributed by atoms with van der Waals surface area (Å²) in [5.41, 5.74) is 1.38. The highest BCUT2D eigenvalue weighted by Crippen LogP contribution is 2.69. The molecular weight excluding hydrogens is 476 g/mol. The van der Waals surface area contributed by atoms with Gasteiger partial charge in [-0.1, -0.05) is 40.2 Å². The Morgan fingerprint density at radius 1 is 1.05 bits per heavy atom. The van der Waals surface area contributed by atoms with E-state index >= 15 is 0 Å². The van der Waals surface area contributed by atoms with E-state index in [1.807, 2.05) is 12.1 Å². The Morgan fingerprint density at radius 2 is 1.79 bits per heavy atom. The largest absolute Gasteiger partial charge is 0.478 e. The lowest BCUT2D eigenvalue weighted by molar-refractivity contribution is -0.203. The second kappa shape index (κ2) is 9.37. The molecule has 4 aliphatic carbocycles. The number of carboxylic acids is 1. The van der Waals surface area contributed by atoms with Crippen molar-refractivity contribution < 1.29 is 24.5 Å². The van der Waals surface area contributed by atoms with Crippen molar-refractivity contribution in [1.29, 1.82) is 0 Å². The fourth-order valence-corrected chi connectivity index (χ4v) is 10.8. The van der Waals surface area contributed by atoms with Crippen LogP contribution in [0.2, 0.25) is 0 Å². The maximum atomic E-state index is 11.9. The average molecular weight is 523 g/mol. The van der Waals surface area contributed by atoms with Crippen LogP contribution in [0.3, 0.4) is 0 Å². The Bertz CT molecular complexity index is 1200. The molecule has 4 saturated carbocycles. The molecule has 5 nitrogen and oxygen atoms in total. The van der Waals surface area contributed by atoms with Crippen LogP contribution in [-0.2, 0) is 6.42 Å². The maximum Gasteiger partial charge on any atom is 0.336 e. The van der Waals surface area contributed by atoms with Crippen molar-refractivity contribution in [2.75, 3.05) is 0 Å². The molecule has 4 aliphatic rings. The zero-order chi connectivity index (χ0) is 27.0. The molecule has 4 fully saturated rings. The van der Waals surface area contributed by atoms with Crippen LogP contribution >= 0.6 is 0 Å². The number of aliphatic hydroxyl groups excluding tert-OH is 2. The standard InChI is InChI=1S/C33H46O5/c1-5-21-27-16-19(34)11-13-33(27,4)26-12-14-32(3)24(9-10-25(32)29(26)30(21)35)18(2)15-20-17-23-22(31(36)37)7-6-8-28(23)38-20/h6-8,17-19,21,24-27,29-30,34-35H,5,9-16H2,1-4H3,(H,36,37)/t18-,19-,21-,24?,25?,26?,27+,29?,30-,32-,33-/m1/s1. The summed E-state index contributed by atoms with van der Waals surface area (Å²) in [6, 6.07) is 7.19. The molecule has 5 heteroatoms. The lowest BCUT2D eigenvalue weighted by Gasteiger charge is -2.64.